The second kappa shape index (κ2) is 10.4. The number of nitrogens with zero attached hydrogens (tertiary/aromatic N) is 2. The fraction of sp³-hybridized carbons (Fsp3) is 0.250. The van der Waals surface area contributed by atoms with Crippen LogP contribution in [-0.4, -0.2) is 73.6 Å². The fourth-order valence-corrected chi connectivity index (χ4v) is 4.04. The zero-order chi connectivity index (χ0) is 23.1. The maximum atomic E-state index is 12.7. The number of aromatic nitrogens is 1. The Morgan fingerprint density at radius 3 is 2.65 bits per heavy atom. The predicted molar refractivity (Wildman–Crippen MR) is 110 cm³/mol. The third-order valence-electron chi connectivity index (χ3n) is 3.67. The summed E-state index contributed by atoms with van der Waals surface area (Å²) in [6.45, 7) is 2.67. The summed E-state index contributed by atoms with van der Waals surface area (Å²) in [6, 6.07) is -1.58. The molecule has 2 heterocycles. The van der Waals surface area contributed by atoms with Crippen molar-refractivity contribution in [1.29, 1.82) is 0 Å². The molecule has 0 saturated heterocycles. The number of nitrogens with one attached hydrogen (secondary N) is 2. The van der Waals surface area contributed by atoms with E-state index in [-0.39, 0.29) is 22.3 Å². The first-order valence-electron chi connectivity index (χ1n) is 8.27. The number of hydrogen-bond acceptors (Lipinski definition) is 11. The zero-order valence-corrected chi connectivity index (χ0v) is 17.2. The van der Waals surface area contributed by atoms with E-state index >= 15 is 0 Å². The summed E-state index contributed by atoms with van der Waals surface area (Å²) < 4.78 is 0. The van der Waals surface area contributed by atoms with Gasteiger partial charge in [-0.15, -0.1) is 23.1 Å². The number of oxime groups is 1. The van der Waals surface area contributed by atoms with Gasteiger partial charge in [0.1, 0.15) is 16.8 Å². The van der Waals surface area contributed by atoms with Gasteiger partial charge in [0.15, 0.2) is 16.9 Å². The van der Waals surface area contributed by atoms with Crippen molar-refractivity contribution in [2.75, 3.05) is 18.1 Å². The molecule has 2 atom stereocenters. The van der Waals surface area contributed by atoms with Gasteiger partial charge in [0.2, 0.25) is 6.61 Å². The molecule has 1 aromatic rings. The van der Waals surface area contributed by atoms with Gasteiger partial charge in [0.05, 0.1) is 0 Å². The Morgan fingerprint density at radius 2 is 2.13 bits per heavy atom. The number of nitrogen functional groups attached to an aromatic ring is 1. The van der Waals surface area contributed by atoms with E-state index in [1.54, 1.807) is 0 Å². The number of allylic oxidation sites excluding steroid dienone is 1. The van der Waals surface area contributed by atoms with Crippen LogP contribution in [0.2, 0.25) is 0 Å². The lowest BCUT2D eigenvalue weighted by molar-refractivity contribution is -0.142. The van der Waals surface area contributed by atoms with Gasteiger partial charge < -0.3 is 36.5 Å². The Bertz CT molecular complexity index is 973. The van der Waals surface area contributed by atoms with Gasteiger partial charge in [-0.1, -0.05) is 17.8 Å². The SMILES string of the molecule is C=CC1=C(C(=O)O)N[C@@H](C(NC(=O)/C(=N\OCC(=O)O)c2csc(N)n2)C(=O)O)SC1. The minimum Gasteiger partial charge on any atom is -0.480 e. The van der Waals surface area contributed by atoms with Crippen LogP contribution in [0, 0.1) is 0 Å². The number of hydrogen-bond donors (Lipinski definition) is 6. The average molecular weight is 471 g/mol. The van der Waals surface area contributed by atoms with Crippen molar-refractivity contribution < 1.29 is 39.3 Å². The van der Waals surface area contributed by atoms with Gasteiger partial charge in [-0.3, -0.25) is 4.79 Å². The Kier molecular flexibility index (Phi) is 7.98. The Hall–Kier alpha value is -3.59. The van der Waals surface area contributed by atoms with E-state index in [1.165, 1.54) is 11.5 Å². The largest absolute Gasteiger partial charge is 0.480 e. The van der Waals surface area contributed by atoms with Crippen molar-refractivity contribution in [1.82, 2.24) is 15.6 Å². The second-order valence-electron chi connectivity index (χ2n) is 5.75. The zero-order valence-electron chi connectivity index (χ0n) is 15.6. The molecule has 166 valence electrons. The number of carbonyl (C=O) groups is 4. The number of nitrogens with two attached hydrogens (primary N) is 1. The van der Waals surface area contributed by atoms with E-state index < -0.39 is 47.5 Å². The van der Waals surface area contributed by atoms with E-state index in [0.29, 0.717) is 5.57 Å². The molecule has 1 aliphatic heterocycles. The quantitative estimate of drug-likeness (QED) is 0.184. The lowest BCUT2D eigenvalue weighted by Gasteiger charge is -2.30. The molecule has 1 unspecified atom stereocenters. The molecule has 0 aromatic carbocycles. The number of aliphatic carboxylic acids is 3. The van der Waals surface area contributed by atoms with E-state index in [1.807, 2.05) is 0 Å². The molecule has 13 nitrogen and oxygen atoms in total. The number of thiazole rings is 1. The van der Waals surface area contributed by atoms with Gasteiger partial charge in [-0.2, -0.15) is 0 Å². The molecule has 0 spiro atoms. The number of thioether (sulfide) groups is 1. The summed E-state index contributed by atoms with van der Waals surface area (Å²) >= 11 is 2.02. The van der Waals surface area contributed by atoms with Gasteiger partial charge in [0.25, 0.3) is 5.91 Å². The summed E-state index contributed by atoms with van der Waals surface area (Å²) in [5.41, 5.74) is 5.12. The number of carboxylic acids is 3. The number of rotatable bonds is 10. The fourth-order valence-electron chi connectivity index (χ4n) is 2.30. The summed E-state index contributed by atoms with van der Waals surface area (Å²) in [5, 5.41) is 36.2. The standard InChI is InChI=1S/C16H17N5O8S2/c1-2-6-4-30-13(20-9(6)14(25)26)11(15(27)28)19-12(24)10(21-29-3-8(22)23)7-5-31-16(17)18-7/h2,5,11,13,20H,1,3-4H2,(H2,17,18)(H,19,24)(H,22,23)(H,25,26)(H,27,28)/b21-10-/t11?,13-/m1/s1. The molecule has 15 heteroatoms. The number of carboxylic acid groups (broad SMARTS) is 3. The minimum atomic E-state index is -1.58. The Balaban J connectivity index is 2.27. The highest BCUT2D eigenvalue weighted by Gasteiger charge is 2.36. The normalized spacial score (nSPS) is 17.3. The van der Waals surface area contributed by atoms with Crippen molar-refractivity contribution in [2.24, 2.45) is 5.16 Å². The van der Waals surface area contributed by atoms with Crippen LogP contribution in [0.5, 0.6) is 0 Å². The van der Waals surface area contributed by atoms with Crippen molar-refractivity contribution in [3.63, 3.8) is 0 Å². The Labute approximate surface area is 182 Å². The summed E-state index contributed by atoms with van der Waals surface area (Å²) in [7, 11) is 0. The van der Waals surface area contributed by atoms with Crippen LogP contribution in [0.15, 0.2) is 34.5 Å². The van der Waals surface area contributed by atoms with Gasteiger partial charge in [0, 0.05) is 11.1 Å². The summed E-state index contributed by atoms with van der Waals surface area (Å²) in [4.78, 5) is 55.0. The molecule has 1 aromatic heterocycles. The maximum Gasteiger partial charge on any atom is 0.352 e. The predicted octanol–water partition coefficient (Wildman–Crippen LogP) is -0.713. The van der Waals surface area contributed by atoms with Crippen LogP contribution < -0.4 is 16.4 Å². The van der Waals surface area contributed by atoms with Crippen LogP contribution in [0.1, 0.15) is 5.69 Å². The smallest absolute Gasteiger partial charge is 0.352 e. The monoisotopic (exact) mass is 471 g/mol. The molecule has 31 heavy (non-hydrogen) atoms. The molecule has 0 saturated carbocycles. The lowest BCUT2D eigenvalue weighted by Crippen LogP contribution is -2.55. The first-order chi connectivity index (χ1) is 14.6. The minimum absolute atomic E-state index is 0.0566. The number of anilines is 1. The first-order valence-corrected chi connectivity index (χ1v) is 10.2. The molecular weight excluding hydrogens is 454 g/mol. The Morgan fingerprint density at radius 1 is 1.42 bits per heavy atom. The number of carbonyl (C=O) groups excluding carboxylic acids is 1. The highest BCUT2D eigenvalue weighted by Crippen LogP contribution is 2.25. The molecule has 0 aliphatic carbocycles. The van der Waals surface area contributed by atoms with Crippen LogP contribution in [0.25, 0.3) is 0 Å². The lowest BCUT2D eigenvalue weighted by atomic mass is 10.2. The molecule has 1 aliphatic rings. The van der Waals surface area contributed by atoms with Crippen molar-refractivity contribution in [2.45, 2.75) is 11.4 Å². The van der Waals surface area contributed by atoms with Crippen LogP contribution in [-0.2, 0) is 24.0 Å². The third kappa shape index (κ3) is 6.19. The molecule has 0 fully saturated rings. The number of amides is 1. The van der Waals surface area contributed by atoms with E-state index in [2.05, 4.69) is 32.2 Å². The molecule has 0 bridgehead atoms. The molecule has 0 radical (unpaired) electrons. The van der Waals surface area contributed by atoms with E-state index in [9.17, 15) is 29.4 Å². The highest BCUT2D eigenvalue weighted by atomic mass is 32.2. The van der Waals surface area contributed by atoms with Crippen LogP contribution in [0.3, 0.4) is 0 Å². The van der Waals surface area contributed by atoms with Crippen molar-refractivity contribution in [3.8, 4) is 0 Å². The maximum absolute atomic E-state index is 12.7. The topological polar surface area (TPSA) is 214 Å². The van der Waals surface area contributed by atoms with Crippen LogP contribution in [0.4, 0.5) is 5.13 Å². The molecule has 7 N–H and O–H groups in total. The molecule has 2 rings (SSSR count). The van der Waals surface area contributed by atoms with Crippen molar-refractivity contribution in [3.05, 3.63) is 35.0 Å². The highest BCUT2D eigenvalue weighted by molar-refractivity contribution is 8.00. The van der Waals surface area contributed by atoms with E-state index in [4.69, 9.17) is 10.8 Å². The van der Waals surface area contributed by atoms with Gasteiger partial charge in [-0.05, 0) is 5.57 Å². The third-order valence-corrected chi connectivity index (χ3v) is 5.57. The average Bonchev–Trinajstić information content (AvgIpc) is 3.14. The molecule has 1 amide bonds. The van der Waals surface area contributed by atoms with E-state index in [0.717, 1.165) is 23.1 Å². The first kappa shape index (κ1) is 23.7. The molecular formula is C16H17N5O8S2. The van der Waals surface area contributed by atoms with Gasteiger partial charge in [-0.25, -0.2) is 19.4 Å². The second-order valence-corrected chi connectivity index (χ2v) is 7.77. The van der Waals surface area contributed by atoms with Crippen LogP contribution >= 0.6 is 23.1 Å². The summed E-state index contributed by atoms with van der Waals surface area (Å²) in [6.07, 6.45) is 1.34. The van der Waals surface area contributed by atoms with Crippen molar-refractivity contribution >= 4 is 57.8 Å². The summed E-state index contributed by atoms with van der Waals surface area (Å²) in [5.74, 6) is -5.00. The van der Waals surface area contributed by atoms with Gasteiger partial charge >= 0.3 is 17.9 Å².